The highest BCUT2D eigenvalue weighted by Crippen LogP contribution is 2.46. The van der Waals surface area contributed by atoms with Crippen molar-refractivity contribution in [2.45, 2.75) is 37.6 Å². The predicted molar refractivity (Wildman–Crippen MR) is 62.8 cm³/mol. The molecule has 1 heterocycles. The molecule has 1 unspecified atom stereocenters. The monoisotopic (exact) mass is 237 g/mol. The highest BCUT2D eigenvalue weighted by molar-refractivity contribution is 5.23. The Balaban J connectivity index is 1.87. The lowest BCUT2D eigenvalue weighted by atomic mass is 9.84. The number of hydrogen-bond acceptors (Lipinski definition) is 1. The lowest BCUT2D eigenvalue weighted by molar-refractivity contribution is 0.319. The molecule has 2 fully saturated rings. The van der Waals surface area contributed by atoms with Crippen LogP contribution < -0.4 is 5.32 Å². The first-order valence-corrected chi connectivity index (χ1v) is 6.39. The quantitative estimate of drug-likeness (QED) is 0.852. The molecule has 3 rings (SSSR count). The van der Waals surface area contributed by atoms with Crippen LogP contribution in [-0.2, 0) is 6.42 Å². The minimum atomic E-state index is -0.342. The Morgan fingerprint density at radius 1 is 1.29 bits per heavy atom. The molecule has 1 saturated heterocycles. The third-order valence-corrected chi connectivity index (χ3v) is 4.15. The van der Waals surface area contributed by atoms with Gasteiger partial charge in [-0.1, -0.05) is 0 Å². The van der Waals surface area contributed by atoms with Gasteiger partial charge in [-0.3, -0.25) is 0 Å². The van der Waals surface area contributed by atoms with Crippen LogP contribution in [-0.4, -0.2) is 12.1 Å². The van der Waals surface area contributed by atoms with Crippen LogP contribution in [0.15, 0.2) is 18.2 Å². The maximum atomic E-state index is 13.7. The van der Waals surface area contributed by atoms with E-state index in [1.807, 2.05) is 0 Å². The first-order chi connectivity index (χ1) is 8.20. The van der Waals surface area contributed by atoms with E-state index in [4.69, 9.17) is 0 Å². The van der Waals surface area contributed by atoms with Gasteiger partial charge >= 0.3 is 0 Å². The summed E-state index contributed by atoms with van der Waals surface area (Å²) in [4.78, 5) is 0. The number of nitrogens with one attached hydrogen (secondary N) is 1. The normalized spacial score (nSPS) is 28.6. The fourth-order valence-corrected chi connectivity index (χ4v) is 3.13. The van der Waals surface area contributed by atoms with E-state index in [2.05, 4.69) is 5.32 Å². The van der Waals surface area contributed by atoms with E-state index in [9.17, 15) is 8.78 Å². The van der Waals surface area contributed by atoms with Gasteiger partial charge in [-0.15, -0.1) is 0 Å². The topological polar surface area (TPSA) is 12.0 Å². The van der Waals surface area contributed by atoms with Gasteiger partial charge in [-0.05, 0) is 68.3 Å². The second kappa shape index (κ2) is 4.05. The van der Waals surface area contributed by atoms with Gasteiger partial charge in [0.15, 0.2) is 0 Å². The summed E-state index contributed by atoms with van der Waals surface area (Å²) in [5.41, 5.74) is 0.556. The van der Waals surface area contributed by atoms with E-state index in [-0.39, 0.29) is 17.2 Å². The molecule has 1 aromatic carbocycles. The number of rotatable bonds is 3. The average Bonchev–Trinajstić information content (AvgIpc) is 3.07. The van der Waals surface area contributed by atoms with Gasteiger partial charge in [-0.2, -0.15) is 0 Å². The van der Waals surface area contributed by atoms with E-state index >= 15 is 0 Å². The molecule has 0 radical (unpaired) electrons. The van der Waals surface area contributed by atoms with Crippen LogP contribution >= 0.6 is 0 Å². The molecule has 0 amide bonds. The predicted octanol–water partition coefficient (Wildman–Crippen LogP) is 3.04. The first-order valence-electron chi connectivity index (χ1n) is 6.39. The third kappa shape index (κ3) is 2.08. The van der Waals surface area contributed by atoms with Crippen LogP contribution in [0.1, 0.15) is 31.2 Å². The Hall–Kier alpha value is -0.960. The summed E-state index contributed by atoms with van der Waals surface area (Å²) < 4.78 is 26.9. The number of halogens is 2. The van der Waals surface area contributed by atoms with Crippen molar-refractivity contribution < 1.29 is 8.78 Å². The molecule has 0 aromatic heterocycles. The molecule has 1 nitrogen and oxygen atoms in total. The molecule has 0 spiro atoms. The minimum Gasteiger partial charge on any atom is -0.311 e. The van der Waals surface area contributed by atoms with Gasteiger partial charge in [0.1, 0.15) is 11.6 Å². The molecule has 1 atom stereocenters. The van der Waals surface area contributed by atoms with Crippen molar-refractivity contribution in [3.05, 3.63) is 35.4 Å². The molecule has 2 aliphatic rings. The van der Waals surface area contributed by atoms with Crippen molar-refractivity contribution in [2.24, 2.45) is 5.92 Å². The second-order valence-corrected chi connectivity index (χ2v) is 5.37. The van der Waals surface area contributed by atoms with E-state index < -0.39 is 0 Å². The fraction of sp³-hybridized carbons (Fsp3) is 0.571. The summed E-state index contributed by atoms with van der Waals surface area (Å²) in [6.45, 7) is 1.01. The summed E-state index contributed by atoms with van der Waals surface area (Å²) in [7, 11) is 0. The minimum absolute atomic E-state index is 0.0363. The maximum absolute atomic E-state index is 13.7. The smallest absolute Gasteiger partial charge is 0.126 e. The second-order valence-electron chi connectivity index (χ2n) is 5.37. The molecule has 0 bridgehead atoms. The summed E-state index contributed by atoms with van der Waals surface area (Å²) in [5, 5.41) is 3.54. The van der Waals surface area contributed by atoms with Crippen molar-refractivity contribution >= 4 is 0 Å². The maximum Gasteiger partial charge on any atom is 0.126 e. The zero-order valence-electron chi connectivity index (χ0n) is 9.81. The highest BCUT2D eigenvalue weighted by Gasteiger charge is 2.46. The van der Waals surface area contributed by atoms with E-state index in [0.29, 0.717) is 17.9 Å². The molecule has 17 heavy (non-hydrogen) atoms. The molecular weight excluding hydrogens is 220 g/mol. The summed E-state index contributed by atoms with van der Waals surface area (Å²) in [6, 6.07) is 3.77. The van der Waals surface area contributed by atoms with Gasteiger partial charge in [0.2, 0.25) is 0 Å². The molecule has 1 aliphatic heterocycles. The van der Waals surface area contributed by atoms with E-state index in [0.717, 1.165) is 19.4 Å². The molecule has 1 aliphatic carbocycles. The Labute approximate surface area is 100 Å². The molecule has 3 heteroatoms. The van der Waals surface area contributed by atoms with Gasteiger partial charge < -0.3 is 5.32 Å². The standard InChI is InChI=1S/C14H17F2N/c15-12-4-5-13(16)10(8-12)9-14(11-2-3-11)6-1-7-17-14/h4-5,8,11,17H,1-3,6-7,9H2. The molecule has 92 valence electrons. The summed E-state index contributed by atoms with van der Waals surface area (Å²) in [6.07, 6.45) is 5.32. The molecule has 1 N–H and O–H groups in total. The van der Waals surface area contributed by atoms with Gasteiger partial charge in [-0.25, -0.2) is 8.78 Å². The van der Waals surface area contributed by atoms with Crippen LogP contribution in [0, 0.1) is 17.6 Å². The van der Waals surface area contributed by atoms with Crippen LogP contribution in [0.4, 0.5) is 8.78 Å². The fourth-order valence-electron chi connectivity index (χ4n) is 3.13. The van der Waals surface area contributed by atoms with Crippen molar-refractivity contribution in [2.75, 3.05) is 6.54 Å². The van der Waals surface area contributed by atoms with E-state index in [1.165, 1.54) is 31.0 Å². The summed E-state index contributed by atoms with van der Waals surface area (Å²) >= 11 is 0. The van der Waals surface area contributed by atoms with Crippen molar-refractivity contribution in [3.63, 3.8) is 0 Å². The average molecular weight is 237 g/mol. The zero-order valence-corrected chi connectivity index (χ0v) is 9.81. The van der Waals surface area contributed by atoms with E-state index in [1.54, 1.807) is 0 Å². The number of hydrogen-bond donors (Lipinski definition) is 1. The largest absolute Gasteiger partial charge is 0.311 e. The van der Waals surface area contributed by atoms with Gasteiger partial charge in [0, 0.05) is 5.54 Å². The number of benzene rings is 1. The molecule has 1 saturated carbocycles. The molecular formula is C14H17F2N. The first kappa shape index (κ1) is 11.1. The zero-order chi connectivity index (χ0) is 11.9. The van der Waals surface area contributed by atoms with Crippen LogP contribution in [0.3, 0.4) is 0 Å². The van der Waals surface area contributed by atoms with Crippen molar-refractivity contribution in [3.8, 4) is 0 Å². The van der Waals surface area contributed by atoms with Crippen molar-refractivity contribution in [1.82, 2.24) is 5.32 Å². The molecule has 1 aromatic rings. The van der Waals surface area contributed by atoms with Crippen LogP contribution in [0.5, 0.6) is 0 Å². The Morgan fingerprint density at radius 2 is 2.12 bits per heavy atom. The Morgan fingerprint density at radius 3 is 2.76 bits per heavy atom. The lowest BCUT2D eigenvalue weighted by Gasteiger charge is -2.30. The highest BCUT2D eigenvalue weighted by atomic mass is 19.1. The third-order valence-electron chi connectivity index (χ3n) is 4.15. The van der Waals surface area contributed by atoms with Gasteiger partial charge in [0.25, 0.3) is 0 Å². The van der Waals surface area contributed by atoms with Crippen molar-refractivity contribution in [1.29, 1.82) is 0 Å². The van der Waals surface area contributed by atoms with Crippen LogP contribution in [0.2, 0.25) is 0 Å². The van der Waals surface area contributed by atoms with Gasteiger partial charge in [0.05, 0.1) is 0 Å². The SMILES string of the molecule is Fc1ccc(F)c(CC2(C3CC3)CCCN2)c1. The van der Waals surface area contributed by atoms with Crippen LogP contribution in [0.25, 0.3) is 0 Å². The Bertz CT molecular complexity index is 420. The summed E-state index contributed by atoms with van der Waals surface area (Å²) in [5.74, 6) is 0.0399. The Kier molecular flexibility index (Phi) is 2.66. The lowest BCUT2D eigenvalue weighted by Crippen LogP contribution is -2.44.